The summed E-state index contributed by atoms with van der Waals surface area (Å²) in [4.78, 5) is 0. The molecule has 0 aliphatic rings. The van der Waals surface area contributed by atoms with Crippen molar-refractivity contribution < 1.29 is 9.47 Å². The largest absolute Gasteiger partial charge is 0.382 e. The second-order valence-corrected chi connectivity index (χ2v) is 4.67. The molecule has 4 heteroatoms. The zero-order valence-corrected chi connectivity index (χ0v) is 11.4. The Bertz CT molecular complexity index is 148. The van der Waals surface area contributed by atoms with Crippen molar-refractivity contribution in [3.63, 3.8) is 0 Å². The van der Waals surface area contributed by atoms with Crippen LogP contribution in [-0.4, -0.2) is 38.7 Å². The quantitative estimate of drug-likeness (QED) is 0.466. The minimum atomic E-state index is -0.00379. The fraction of sp³-hybridized carbons (Fsp3) is 1.00. The third-order valence-electron chi connectivity index (χ3n) is 2.93. The highest BCUT2D eigenvalue weighted by Crippen LogP contribution is 2.34. The van der Waals surface area contributed by atoms with Crippen LogP contribution in [0, 0.1) is 11.3 Å². The van der Waals surface area contributed by atoms with Gasteiger partial charge in [0.1, 0.15) is 0 Å². The van der Waals surface area contributed by atoms with Crippen molar-refractivity contribution in [3.8, 4) is 0 Å². The molecule has 0 bridgehead atoms. The minimum absolute atomic E-state index is 0.00379. The number of ether oxygens (including phenoxy) is 2. The number of hydrogen-bond acceptors (Lipinski definition) is 2. The van der Waals surface area contributed by atoms with E-state index < -0.39 is 0 Å². The molecule has 0 fully saturated rings. The summed E-state index contributed by atoms with van der Waals surface area (Å²) in [6, 6.07) is 0. The normalized spacial score (nSPS) is 12.4. The van der Waals surface area contributed by atoms with Gasteiger partial charge in [0, 0.05) is 30.9 Å². The highest BCUT2D eigenvalue weighted by atomic mass is 35.5. The van der Waals surface area contributed by atoms with Gasteiger partial charge >= 0.3 is 0 Å². The van der Waals surface area contributed by atoms with Gasteiger partial charge in [0.15, 0.2) is 0 Å². The lowest BCUT2D eigenvalue weighted by molar-refractivity contribution is 0.0500. The van der Waals surface area contributed by atoms with Crippen LogP contribution in [0.1, 0.15) is 20.3 Å². The number of hydrogen-bond donors (Lipinski definition) is 0. The van der Waals surface area contributed by atoms with E-state index in [0.717, 1.165) is 6.42 Å². The van der Waals surface area contributed by atoms with Gasteiger partial charge < -0.3 is 9.47 Å². The van der Waals surface area contributed by atoms with Crippen LogP contribution in [0.4, 0.5) is 0 Å². The average molecular weight is 257 g/mol. The molecule has 0 rings (SSSR count). The van der Waals surface area contributed by atoms with Crippen LogP contribution in [0.5, 0.6) is 0 Å². The molecule has 0 aliphatic heterocycles. The first-order chi connectivity index (χ1) is 7.13. The molecule has 15 heavy (non-hydrogen) atoms. The van der Waals surface area contributed by atoms with Gasteiger partial charge in [-0.15, -0.1) is 23.2 Å². The molecule has 0 saturated carbocycles. The topological polar surface area (TPSA) is 18.5 Å². The summed E-state index contributed by atoms with van der Waals surface area (Å²) in [7, 11) is 1.67. The number of methoxy groups -OCH3 is 1. The first-order valence-corrected chi connectivity index (χ1v) is 6.38. The van der Waals surface area contributed by atoms with Gasteiger partial charge in [-0.3, -0.25) is 0 Å². The standard InChI is InChI=1S/C11H22Cl2O2/c1-10(2)11(8-12,9-13)4-5-15-7-6-14-3/h10H,4-9H2,1-3H3. The first-order valence-electron chi connectivity index (χ1n) is 5.31. The van der Waals surface area contributed by atoms with E-state index in [2.05, 4.69) is 13.8 Å². The monoisotopic (exact) mass is 256 g/mol. The fourth-order valence-electron chi connectivity index (χ4n) is 1.29. The van der Waals surface area contributed by atoms with Gasteiger partial charge in [0.05, 0.1) is 13.2 Å². The highest BCUT2D eigenvalue weighted by molar-refractivity contribution is 6.21. The summed E-state index contributed by atoms with van der Waals surface area (Å²) in [5, 5.41) is 0. The van der Waals surface area contributed by atoms with Crippen LogP contribution in [0.3, 0.4) is 0 Å². The van der Waals surface area contributed by atoms with E-state index in [-0.39, 0.29) is 5.41 Å². The smallest absolute Gasteiger partial charge is 0.0700 e. The molecular weight excluding hydrogens is 235 g/mol. The van der Waals surface area contributed by atoms with Crippen molar-refractivity contribution >= 4 is 23.2 Å². The van der Waals surface area contributed by atoms with Crippen molar-refractivity contribution in [3.05, 3.63) is 0 Å². The predicted molar refractivity (Wildman–Crippen MR) is 66.0 cm³/mol. The van der Waals surface area contributed by atoms with Gasteiger partial charge in [0.2, 0.25) is 0 Å². The van der Waals surface area contributed by atoms with E-state index in [1.54, 1.807) is 7.11 Å². The summed E-state index contributed by atoms with van der Waals surface area (Å²) in [5.41, 5.74) is -0.00379. The van der Waals surface area contributed by atoms with Crippen molar-refractivity contribution in [1.29, 1.82) is 0 Å². The molecule has 0 amide bonds. The average Bonchev–Trinajstić information content (AvgIpc) is 2.23. The van der Waals surface area contributed by atoms with E-state index in [0.29, 0.717) is 37.5 Å². The maximum atomic E-state index is 5.99. The SMILES string of the molecule is COCCOCCC(CCl)(CCl)C(C)C. The molecule has 92 valence electrons. The Hall–Kier alpha value is 0.500. The Kier molecular flexibility index (Phi) is 8.92. The lowest BCUT2D eigenvalue weighted by atomic mass is 9.78. The summed E-state index contributed by atoms with van der Waals surface area (Å²) in [6.07, 6.45) is 0.904. The van der Waals surface area contributed by atoms with E-state index in [1.165, 1.54) is 0 Å². The van der Waals surface area contributed by atoms with Crippen LogP contribution in [-0.2, 0) is 9.47 Å². The van der Waals surface area contributed by atoms with E-state index in [9.17, 15) is 0 Å². The zero-order chi connectivity index (χ0) is 11.7. The van der Waals surface area contributed by atoms with Crippen molar-refractivity contribution in [2.75, 3.05) is 38.7 Å². The van der Waals surface area contributed by atoms with Crippen molar-refractivity contribution in [2.45, 2.75) is 20.3 Å². The van der Waals surface area contributed by atoms with Gasteiger partial charge in [-0.05, 0) is 12.3 Å². The van der Waals surface area contributed by atoms with Gasteiger partial charge in [-0.25, -0.2) is 0 Å². The maximum Gasteiger partial charge on any atom is 0.0700 e. The van der Waals surface area contributed by atoms with Crippen LogP contribution in [0.15, 0.2) is 0 Å². The summed E-state index contributed by atoms with van der Waals surface area (Å²) < 4.78 is 10.3. The second kappa shape index (κ2) is 8.63. The van der Waals surface area contributed by atoms with Gasteiger partial charge in [-0.1, -0.05) is 13.8 Å². The molecule has 0 aromatic rings. The third-order valence-corrected chi connectivity index (χ3v) is 4.00. The van der Waals surface area contributed by atoms with E-state index >= 15 is 0 Å². The molecule has 0 radical (unpaired) electrons. The zero-order valence-electron chi connectivity index (χ0n) is 9.89. The van der Waals surface area contributed by atoms with E-state index in [1.807, 2.05) is 0 Å². The van der Waals surface area contributed by atoms with Crippen LogP contribution in [0.25, 0.3) is 0 Å². The molecule has 0 saturated heterocycles. The molecule has 0 aromatic heterocycles. The Morgan fingerprint density at radius 2 is 1.67 bits per heavy atom. The Morgan fingerprint density at radius 1 is 1.07 bits per heavy atom. The van der Waals surface area contributed by atoms with Gasteiger partial charge in [0.25, 0.3) is 0 Å². The molecule has 0 aliphatic carbocycles. The highest BCUT2D eigenvalue weighted by Gasteiger charge is 2.31. The number of rotatable bonds is 9. The molecule has 0 aromatic carbocycles. The fourth-order valence-corrected chi connectivity index (χ4v) is 2.46. The van der Waals surface area contributed by atoms with Gasteiger partial charge in [-0.2, -0.15) is 0 Å². The molecule has 0 spiro atoms. The van der Waals surface area contributed by atoms with E-state index in [4.69, 9.17) is 32.7 Å². The molecule has 0 unspecified atom stereocenters. The first kappa shape index (κ1) is 15.5. The van der Waals surface area contributed by atoms with Crippen LogP contribution < -0.4 is 0 Å². The molecule has 2 nitrogen and oxygen atoms in total. The Morgan fingerprint density at radius 3 is 2.07 bits per heavy atom. The summed E-state index contributed by atoms with van der Waals surface area (Å²) in [6.45, 7) is 6.27. The Balaban J connectivity index is 3.86. The number of halogens is 2. The number of alkyl halides is 2. The molecule has 0 N–H and O–H groups in total. The lowest BCUT2D eigenvalue weighted by Crippen LogP contribution is -2.33. The predicted octanol–water partition coefficient (Wildman–Crippen LogP) is 3.16. The molecular formula is C11H22Cl2O2. The maximum absolute atomic E-state index is 5.99. The molecule has 0 atom stereocenters. The summed E-state index contributed by atoms with van der Waals surface area (Å²) >= 11 is 12.0. The summed E-state index contributed by atoms with van der Waals surface area (Å²) in [5.74, 6) is 1.64. The van der Waals surface area contributed by atoms with Crippen molar-refractivity contribution in [1.82, 2.24) is 0 Å². The molecule has 0 heterocycles. The minimum Gasteiger partial charge on any atom is -0.382 e. The van der Waals surface area contributed by atoms with Crippen LogP contribution >= 0.6 is 23.2 Å². The van der Waals surface area contributed by atoms with Crippen molar-refractivity contribution in [2.24, 2.45) is 11.3 Å². The Labute approximate surface area is 103 Å². The lowest BCUT2D eigenvalue weighted by Gasteiger charge is -2.33. The second-order valence-electron chi connectivity index (χ2n) is 4.14. The van der Waals surface area contributed by atoms with Crippen LogP contribution in [0.2, 0.25) is 0 Å². The third kappa shape index (κ3) is 5.39.